The van der Waals surface area contributed by atoms with E-state index in [-0.39, 0.29) is 5.75 Å². The Bertz CT molecular complexity index is 260. The predicted octanol–water partition coefficient (Wildman–Crippen LogP) is 2.08. The third-order valence-electron chi connectivity index (χ3n) is 2.73. The van der Waals surface area contributed by atoms with Crippen molar-refractivity contribution in [3.05, 3.63) is 0 Å². The quantitative estimate of drug-likeness (QED) is 0.636. The van der Waals surface area contributed by atoms with Crippen molar-refractivity contribution in [2.45, 2.75) is 40.5 Å². The van der Waals surface area contributed by atoms with Crippen LogP contribution in [0, 0.1) is 11.8 Å². The summed E-state index contributed by atoms with van der Waals surface area (Å²) in [5.41, 5.74) is 0. The first-order chi connectivity index (χ1) is 7.37. The summed E-state index contributed by atoms with van der Waals surface area (Å²) in [6, 6.07) is 0. The van der Waals surface area contributed by atoms with E-state index in [4.69, 9.17) is 0 Å². The fourth-order valence-corrected chi connectivity index (χ4v) is 2.46. The van der Waals surface area contributed by atoms with Gasteiger partial charge in [-0.1, -0.05) is 27.7 Å². The van der Waals surface area contributed by atoms with Gasteiger partial charge >= 0.3 is 0 Å². The SMILES string of the molecule is CCS(=O)(=O)CCC(C)CCNCC(C)C. The Morgan fingerprint density at radius 2 is 1.75 bits per heavy atom. The molecule has 0 saturated heterocycles. The third kappa shape index (κ3) is 9.16. The highest BCUT2D eigenvalue weighted by molar-refractivity contribution is 7.91. The van der Waals surface area contributed by atoms with Crippen LogP contribution in [0.5, 0.6) is 0 Å². The van der Waals surface area contributed by atoms with Gasteiger partial charge < -0.3 is 5.32 Å². The number of hydrogen-bond acceptors (Lipinski definition) is 3. The number of sulfone groups is 1. The monoisotopic (exact) mass is 249 g/mol. The number of nitrogens with one attached hydrogen (secondary N) is 1. The highest BCUT2D eigenvalue weighted by Crippen LogP contribution is 2.08. The molecule has 16 heavy (non-hydrogen) atoms. The predicted molar refractivity (Wildman–Crippen MR) is 70.4 cm³/mol. The van der Waals surface area contributed by atoms with Crippen molar-refractivity contribution in [2.75, 3.05) is 24.6 Å². The van der Waals surface area contributed by atoms with Crippen LogP contribution >= 0.6 is 0 Å². The molecule has 1 atom stereocenters. The highest BCUT2D eigenvalue weighted by atomic mass is 32.2. The lowest BCUT2D eigenvalue weighted by atomic mass is 10.1. The summed E-state index contributed by atoms with van der Waals surface area (Å²) >= 11 is 0. The van der Waals surface area contributed by atoms with Crippen molar-refractivity contribution < 1.29 is 8.42 Å². The van der Waals surface area contributed by atoms with E-state index < -0.39 is 9.84 Å². The molecule has 98 valence electrons. The molecule has 0 aromatic heterocycles. The van der Waals surface area contributed by atoms with Crippen molar-refractivity contribution in [1.82, 2.24) is 5.32 Å². The first-order valence-corrected chi connectivity index (χ1v) is 8.10. The van der Waals surface area contributed by atoms with Crippen LogP contribution in [-0.4, -0.2) is 33.0 Å². The van der Waals surface area contributed by atoms with E-state index in [2.05, 4.69) is 26.1 Å². The summed E-state index contributed by atoms with van der Waals surface area (Å²) in [6.07, 6.45) is 1.85. The summed E-state index contributed by atoms with van der Waals surface area (Å²) < 4.78 is 22.6. The fourth-order valence-electron chi connectivity index (χ4n) is 1.41. The van der Waals surface area contributed by atoms with Gasteiger partial charge in [0.25, 0.3) is 0 Å². The highest BCUT2D eigenvalue weighted by Gasteiger charge is 2.10. The Hall–Kier alpha value is -0.0900. The average Bonchev–Trinajstić information content (AvgIpc) is 2.21. The molecule has 0 aliphatic rings. The largest absolute Gasteiger partial charge is 0.316 e. The molecule has 0 spiro atoms. The molecule has 0 aromatic carbocycles. The molecule has 4 heteroatoms. The van der Waals surface area contributed by atoms with E-state index in [1.165, 1.54) is 0 Å². The van der Waals surface area contributed by atoms with E-state index in [1.807, 2.05) is 0 Å². The standard InChI is InChI=1S/C12H27NO2S/c1-5-16(14,15)9-7-12(4)6-8-13-10-11(2)3/h11-13H,5-10H2,1-4H3. The average molecular weight is 249 g/mol. The van der Waals surface area contributed by atoms with Crippen molar-refractivity contribution in [2.24, 2.45) is 11.8 Å². The maximum Gasteiger partial charge on any atom is 0.150 e. The molecule has 0 fully saturated rings. The minimum absolute atomic E-state index is 0.269. The summed E-state index contributed by atoms with van der Waals surface area (Å²) in [6.45, 7) is 10.2. The lowest BCUT2D eigenvalue weighted by molar-refractivity contribution is 0.465. The second-order valence-corrected chi connectivity index (χ2v) is 7.49. The molecule has 0 aliphatic heterocycles. The summed E-state index contributed by atoms with van der Waals surface area (Å²) in [7, 11) is -2.78. The second-order valence-electron chi connectivity index (χ2n) is 5.02. The molecule has 0 aliphatic carbocycles. The maximum absolute atomic E-state index is 11.3. The summed E-state index contributed by atoms with van der Waals surface area (Å²) in [5, 5.41) is 3.38. The smallest absolute Gasteiger partial charge is 0.150 e. The lowest BCUT2D eigenvalue weighted by Crippen LogP contribution is -2.22. The molecule has 0 amide bonds. The van der Waals surface area contributed by atoms with Crippen molar-refractivity contribution in [1.29, 1.82) is 0 Å². The Morgan fingerprint density at radius 3 is 2.25 bits per heavy atom. The van der Waals surface area contributed by atoms with Crippen LogP contribution in [0.15, 0.2) is 0 Å². The first kappa shape index (κ1) is 15.9. The van der Waals surface area contributed by atoms with Gasteiger partial charge in [0.05, 0.1) is 5.75 Å². The van der Waals surface area contributed by atoms with Crippen molar-refractivity contribution >= 4 is 9.84 Å². The van der Waals surface area contributed by atoms with Gasteiger partial charge in [-0.2, -0.15) is 0 Å². The van der Waals surface area contributed by atoms with Crippen LogP contribution in [0.3, 0.4) is 0 Å². The Balaban J connectivity index is 3.56. The van der Waals surface area contributed by atoms with Crippen LogP contribution in [-0.2, 0) is 9.84 Å². The topological polar surface area (TPSA) is 46.2 Å². The van der Waals surface area contributed by atoms with E-state index in [0.29, 0.717) is 17.6 Å². The van der Waals surface area contributed by atoms with E-state index >= 15 is 0 Å². The summed E-state index contributed by atoms with van der Waals surface area (Å²) in [4.78, 5) is 0. The normalized spacial score (nSPS) is 14.3. The molecule has 0 radical (unpaired) electrons. The molecule has 1 unspecified atom stereocenters. The maximum atomic E-state index is 11.3. The zero-order chi connectivity index (χ0) is 12.6. The Labute approximate surface area is 101 Å². The molecule has 0 aromatic rings. The minimum Gasteiger partial charge on any atom is -0.316 e. The van der Waals surface area contributed by atoms with Crippen LogP contribution in [0.4, 0.5) is 0 Å². The van der Waals surface area contributed by atoms with E-state index in [9.17, 15) is 8.42 Å². The minimum atomic E-state index is -2.78. The van der Waals surface area contributed by atoms with Gasteiger partial charge in [-0.05, 0) is 37.8 Å². The van der Waals surface area contributed by atoms with Crippen LogP contribution < -0.4 is 5.32 Å². The lowest BCUT2D eigenvalue weighted by Gasteiger charge is -2.12. The van der Waals surface area contributed by atoms with Gasteiger partial charge in [-0.15, -0.1) is 0 Å². The zero-order valence-corrected chi connectivity index (χ0v) is 11.9. The molecule has 1 N–H and O–H groups in total. The van der Waals surface area contributed by atoms with Crippen molar-refractivity contribution in [3.63, 3.8) is 0 Å². The van der Waals surface area contributed by atoms with Crippen molar-refractivity contribution in [3.8, 4) is 0 Å². The number of hydrogen-bond donors (Lipinski definition) is 1. The van der Waals surface area contributed by atoms with Gasteiger partial charge in [-0.3, -0.25) is 0 Å². The summed E-state index contributed by atoms with van der Waals surface area (Å²) in [5.74, 6) is 1.77. The van der Waals surface area contributed by atoms with Gasteiger partial charge in [0.15, 0.2) is 0 Å². The van der Waals surface area contributed by atoms with Gasteiger partial charge in [-0.25, -0.2) is 8.42 Å². The molecule has 0 rings (SSSR count). The molecule has 0 heterocycles. The van der Waals surface area contributed by atoms with Crippen LogP contribution in [0.1, 0.15) is 40.5 Å². The molecular weight excluding hydrogens is 222 g/mol. The Morgan fingerprint density at radius 1 is 1.12 bits per heavy atom. The first-order valence-electron chi connectivity index (χ1n) is 6.28. The molecular formula is C12H27NO2S. The molecule has 0 saturated carbocycles. The van der Waals surface area contributed by atoms with E-state index in [1.54, 1.807) is 6.92 Å². The fraction of sp³-hybridized carbons (Fsp3) is 1.00. The Kier molecular flexibility index (Phi) is 8.02. The van der Waals surface area contributed by atoms with Gasteiger partial charge in [0.2, 0.25) is 0 Å². The van der Waals surface area contributed by atoms with Crippen LogP contribution in [0.2, 0.25) is 0 Å². The van der Waals surface area contributed by atoms with Crippen LogP contribution in [0.25, 0.3) is 0 Å². The molecule has 0 bridgehead atoms. The second kappa shape index (κ2) is 8.07. The van der Waals surface area contributed by atoms with Gasteiger partial charge in [0.1, 0.15) is 9.84 Å². The number of rotatable bonds is 9. The molecule has 3 nitrogen and oxygen atoms in total. The van der Waals surface area contributed by atoms with E-state index in [0.717, 1.165) is 25.9 Å². The third-order valence-corrected chi connectivity index (χ3v) is 4.47. The van der Waals surface area contributed by atoms with Gasteiger partial charge in [0, 0.05) is 5.75 Å². The zero-order valence-electron chi connectivity index (χ0n) is 11.1.